The normalized spacial score (nSPS) is 16.7. The Kier molecular flexibility index (Phi) is 18.0. The zero-order valence-corrected chi connectivity index (χ0v) is 39.0. The fraction of sp³-hybridized carbons (Fsp3) is 0.327. The van der Waals surface area contributed by atoms with E-state index >= 15 is 0 Å². The zero-order chi connectivity index (χ0) is 38.4. The Bertz CT molecular complexity index is 1870. The molecule has 1 atom stereocenters. The SMILES string of the molecule is CC1=[C-]C(C)(C)c2cc3c(cc21)-c1cc2c(cc1C3)C(C)(C)C=C2C.CCC1[C-]=CC(C(C)(C)C)=C1.Cl.Cl.Clc1c[c-]ccc1.Clc1c[c-]ccc1.[CH2]=[Zr]. The van der Waals surface area contributed by atoms with Gasteiger partial charge in [-0.15, -0.1) is 36.4 Å². The summed E-state index contributed by atoms with van der Waals surface area (Å²) in [7, 11) is 0. The number of halogens is 4. The summed E-state index contributed by atoms with van der Waals surface area (Å²) in [4.78, 5) is 0. The van der Waals surface area contributed by atoms with Crippen LogP contribution in [0.15, 0.2) is 96.6 Å². The second kappa shape index (κ2) is 20.3. The van der Waals surface area contributed by atoms with Gasteiger partial charge in [-0.25, -0.2) is 11.6 Å². The summed E-state index contributed by atoms with van der Waals surface area (Å²) in [6.07, 6.45) is 16.1. The van der Waals surface area contributed by atoms with Crippen molar-refractivity contribution in [1.29, 1.82) is 0 Å². The third-order valence-electron chi connectivity index (χ3n) is 9.91. The molecule has 286 valence electrons. The minimum absolute atomic E-state index is 0. The molecule has 8 rings (SSSR count). The van der Waals surface area contributed by atoms with Crippen LogP contribution in [0.25, 0.3) is 22.3 Å². The Morgan fingerprint density at radius 1 is 0.796 bits per heavy atom. The monoisotopic (exact) mass is 872 g/mol. The molecule has 4 aromatic rings. The molecule has 0 saturated heterocycles. The number of rotatable bonds is 1. The van der Waals surface area contributed by atoms with E-state index in [2.05, 4.69) is 140 Å². The molecule has 4 aromatic carbocycles. The average Bonchev–Trinajstić information content (AvgIpc) is 3.84. The van der Waals surface area contributed by atoms with E-state index in [1.165, 1.54) is 91.9 Å². The van der Waals surface area contributed by atoms with E-state index in [1.54, 1.807) is 12.1 Å². The van der Waals surface area contributed by atoms with Gasteiger partial charge < -0.3 is 0 Å². The van der Waals surface area contributed by atoms with Crippen LogP contribution in [-0.2, 0) is 41.5 Å². The number of fused-ring (bicyclic) bond motifs is 5. The van der Waals surface area contributed by atoms with Crippen LogP contribution in [0.4, 0.5) is 0 Å². The van der Waals surface area contributed by atoms with E-state index in [0.717, 1.165) is 16.5 Å². The summed E-state index contributed by atoms with van der Waals surface area (Å²) in [6.45, 7) is 22.6. The van der Waals surface area contributed by atoms with Gasteiger partial charge in [0.2, 0.25) is 0 Å². The Balaban J connectivity index is 0.000000288. The molecule has 4 aliphatic carbocycles. The standard InChI is InChI=1S/C25H25.C11H17.2C6H4Cl.CH2.2ClH.Zr/c1-14-12-24(3,4)22-8-16-7-17-9-23-19(15(2)13-25(23,5)6)11-21(17)20(16)10-18(14)22;1-5-9-6-7-10(8-9)11(2,3)4;2*7-6-4-2-1-3-5-6;;;;/h8-12H,7H2,1-6H3;7-9H,5H2,1-4H3;2*1-2,4-5H;1H2;2*1H;/q4*-1;;;;. The van der Waals surface area contributed by atoms with Gasteiger partial charge in [-0.2, -0.15) is 101 Å². The first-order valence-corrected chi connectivity index (χ1v) is 20.6. The van der Waals surface area contributed by atoms with E-state index in [0.29, 0.717) is 11.3 Å². The Morgan fingerprint density at radius 3 is 1.72 bits per heavy atom. The Morgan fingerprint density at radius 2 is 1.31 bits per heavy atom. The van der Waals surface area contributed by atoms with E-state index in [1.807, 2.05) is 36.4 Å². The number of hydrogen-bond acceptors (Lipinski definition) is 0. The van der Waals surface area contributed by atoms with Gasteiger partial charge in [-0.3, -0.25) is 12.2 Å². The fourth-order valence-corrected chi connectivity index (χ4v) is 7.50. The van der Waals surface area contributed by atoms with Gasteiger partial charge in [0, 0.05) is 5.41 Å². The molecule has 0 aliphatic heterocycles. The predicted molar refractivity (Wildman–Crippen MR) is 238 cm³/mol. The van der Waals surface area contributed by atoms with Crippen molar-refractivity contribution in [2.75, 3.05) is 0 Å². The van der Waals surface area contributed by atoms with Gasteiger partial charge in [0.1, 0.15) is 0 Å². The molecule has 0 N–H and O–H groups in total. The zero-order valence-electron chi connectivity index (χ0n) is 33.4. The third-order valence-corrected chi connectivity index (χ3v) is 10.4. The fourth-order valence-electron chi connectivity index (χ4n) is 7.23. The van der Waals surface area contributed by atoms with Crippen molar-refractivity contribution < 1.29 is 24.2 Å². The van der Waals surface area contributed by atoms with Crippen LogP contribution in [-0.4, -0.2) is 4.21 Å². The maximum atomic E-state index is 5.51. The summed E-state index contributed by atoms with van der Waals surface area (Å²) in [5, 5.41) is 1.48. The van der Waals surface area contributed by atoms with Crippen molar-refractivity contribution in [3.8, 4) is 11.1 Å². The van der Waals surface area contributed by atoms with Gasteiger partial charge in [-0.05, 0) is 58.4 Å². The predicted octanol–water partition coefficient (Wildman–Crippen LogP) is 14.9. The molecular weight excluding hydrogens is 822 g/mol. The molecule has 54 heavy (non-hydrogen) atoms. The molecule has 1 unspecified atom stereocenters. The molecule has 0 heterocycles. The molecule has 0 radical (unpaired) electrons. The van der Waals surface area contributed by atoms with Crippen LogP contribution in [0.5, 0.6) is 0 Å². The molecular formula is C49H54Cl4Zr-4. The molecule has 0 spiro atoms. The minimum atomic E-state index is 0. The summed E-state index contributed by atoms with van der Waals surface area (Å²) in [6, 6.07) is 29.9. The van der Waals surface area contributed by atoms with Crippen LogP contribution >= 0.6 is 48.0 Å². The van der Waals surface area contributed by atoms with Crippen molar-refractivity contribution in [2.24, 2.45) is 11.3 Å². The Hall–Kier alpha value is -2.25. The molecule has 0 nitrogen and oxygen atoms in total. The van der Waals surface area contributed by atoms with Crippen LogP contribution in [0, 0.1) is 35.6 Å². The topological polar surface area (TPSA) is 0 Å². The van der Waals surface area contributed by atoms with Gasteiger partial charge in [0.05, 0.1) is 0 Å². The second-order valence-electron chi connectivity index (χ2n) is 15.9. The third kappa shape index (κ3) is 11.6. The molecule has 0 saturated carbocycles. The van der Waals surface area contributed by atoms with Crippen LogP contribution in [0.3, 0.4) is 0 Å². The quantitative estimate of drug-likeness (QED) is 0.147. The summed E-state index contributed by atoms with van der Waals surface area (Å²) in [5.74, 6) is 0.573. The first-order valence-electron chi connectivity index (χ1n) is 18.1. The number of benzene rings is 4. The van der Waals surface area contributed by atoms with E-state index in [-0.39, 0.29) is 35.6 Å². The van der Waals surface area contributed by atoms with E-state index in [4.69, 9.17) is 23.2 Å². The van der Waals surface area contributed by atoms with Crippen molar-refractivity contribution in [2.45, 2.75) is 92.9 Å². The summed E-state index contributed by atoms with van der Waals surface area (Å²) < 4.78 is 3.34. The molecule has 5 heteroatoms. The maximum absolute atomic E-state index is 5.51. The van der Waals surface area contributed by atoms with Crippen molar-refractivity contribution in [1.82, 2.24) is 0 Å². The van der Waals surface area contributed by atoms with Gasteiger partial charge in [0.25, 0.3) is 0 Å². The van der Waals surface area contributed by atoms with E-state index < -0.39 is 0 Å². The second-order valence-corrected chi connectivity index (χ2v) is 16.7. The van der Waals surface area contributed by atoms with Crippen molar-refractivity contribution in [3.05, 3.63) is 164 Å². The first-order chi connectivity index (χ1) is 24.5. The molecule has 0 bridgehead atoms. The molecule has 0 aromatic heterocycles. The van der Waals surface area contributed by atoms with Crippen LogP contribution in [0.2, 0.25) is 10.0 Å². The Labute approximate surface area is 364 Å². The van der Waals surface area contributed by atoms with Gasteiger partial charge >= 0.3 is 28.4 Å². The van der Waals surface area contributed by atoms with Crippen molar-refractivity contribution in [3.63, 3.8) is 0 Å². The first kappa shape index (κ1) is 47.9. The average molecular weight is 876 g/mol. The van der Waals surface area contributed by atoms with Crippen LogP contribution < -0.4 is 0 Å². The van der Waals surface area contributed by atoms with E-state index in [9.17, 15) is 0 Å². The molecule has 4 aliphatic rings. The van der Waals surface area contributed by atoms with Crippen LogP contribution in [0.1, 0.15) is 109 Å². The number of allylic oxidation sites excluding steroid dienone is 8. The summed E-state index contributed by atoms with van der Waals surface area (Å²) in [5.41, 5.74) is 16.3. The summed E-state index contributed by atoms with van der Waals surface area (Å²) >= 11 is 12.3. The molecule has 0 fully saturated rings. The van der Waals surface area contributed by atoms with Gasteiger partial charge in [0.15, 0.2) is 0 Å². The molecule has 0 amide bonds. The van der Waals surface area contributed by atoms with Crippen molar-refractivity contribution >= 4 is 63.4 Å². The van der Waals surface area contributed by atoms with Gasteiger partial charge in [-0.1, -0.05) is 114 Å². The number of hydrogen-bond donors (Lipinski definition) is 0.